The lowest BCUT2D eigenvalue weighted by molar-refractivity contribution is 0.0917. The molecule has 0 saturated heterocycles. The van der Waals surface area contributed by atoms with Crippen molar-refractivity contribution in [3.05, 3.63) is 59.1 Å². The van der Waals surface area contributed by atoms with E-state index in [2.05, 4.69) is 15.6 Å². The van der Waals surface area contributed by atoms with Crippen molar-refractivity contribution in [1.29, 1.82) is 0 Å². The standard InChI is InChI=1S/C20H21N3O2S/c24-16(18-9-14-3-1-2-4-17(14)26-18)12-23-20(25)15-7-8-19(22-11-15)21-10-13-5-6-13/h1-4,7-9,11,13,16,24H,5-6,10,12H2,(H,21,22)(H,23,25). The Kier molecular flexibility index (Phi) is 4.86. The molecule has 6 heteroatoms. The predicted octanol–water partition coefficient (Wildman–Crippen LogP) is 3.58. The van der Waals surface area contributed by atoms with Crippen LogP contribution in [0.2, 0.25) is 0 Å². The van der Waals surface area contributed by atoms with Crippen molar-refractivity contribution in [2.24, 2.45) is 5.92 Å². The van der Waals surface area contributed by atoms with Crippen LogP contribution in [0.1, 0.15) is 34.2 Å². The second kappa shape index (κ2) is 7.43. The van der Waals surface area contributed by atoms with E-state index in [0.717, 1.165) is 33.2 Å². The van der Waals surface area contributed by atoms with E-state index < -0.39 is 6.10 Å². The SMILES string of the molecule is O=C(NCC(O)c1cc2ccccc2s1)c1ccc(NCC2CC2)nc1. The van der Waals surface area contributed by atoms with E-state index in [1.165, 1.54) is 12.8 Å². The highest BCUT2D eigenvalue weighted by atomic mass is 32.1. The minimum Gasteiger partial charge on any atom is -0.386 e. The molecule has 1 fully saturated rings. The van der Waals surface area contributed by atoms with Gasteiger partial charge in [0, 0.05) is 28.9 Å². The Morgan fingerprint density at radius 1 is 1.27 bits per heavy atom. The molecule has 2 heterocycles. The maximum Gasteiger partial charge on any atom is 0.252 e. The molecule has 2 aromatic heterocycles. The van der Waals surface area contributed by atoms with Crippen LogP contribution in [0.25, 0.3) is 10.1 Å². The van der Waals surface area contributed by atoms with Crippen LogP contribution in [-0.2, 0) is 0 Å². The van der Waals surface area contributed by atoms with Gasteiger partial charge in [0.05, 0.1) is 5.56 Å². The number of nitrogens with one attached hydrogen (secondary N) is 2. The molecule has 3 N–H and O–H groups in total. The highest BCUT2D eigenvalue weighted by Gasteiger charge is 2.20. The number of hydrogen-bond acceptors (Lipinski definition) is 5. The van der Waals surface area contributed by atoms with Crippen molar-refractivity contribution in [3.63, 3.8) is 0 Å². The van der Waals surface area contributed by atoms with Gasteiger partial charge in [-0.15, -0.1) is 11.3 Å². The van der Waals surface area contributed by atoms with Gasteiger partial charge < -0.3 is 15.7 Å². The maximum absolute atomic E-state index is 12.3. The fourth-order valence-electron chi connectivity index (χ4n) is 2.76. The summed E-state index contributed by atoms with van der Waals surface area (Å²) < 4.78 is 1.13. The number of anilines is 1. The average molecular weight is 367 g/mol. The third-order valence-electron chi connectivity index (χ3n) is 4.52. The zero-order valence-corrected chi connectivity index (χ0v) is 15.1. The lowest BCUT2D eigenvalue weighted by atomic mass is 10.2. The number of pyridine rings is 1. The Morgan fingerprint density at radius 2 is 2.12 bits per heavy atom. The highest BCUT2D eigenvalue weighted by Crippen LogP contribution is 2.30. The van der Waals surface area contributed by atoms with Crippen LogP contribution in [-0.4, -0.2) is 29.1 Å². The van der Waals surface area contributed by atoms with Gasteiger partial charge in [0.1, 0.15) is 11.9 Å². The van der Waals surface area contributed by atoms with Gasteiger partial charge in [-0.05, 0) is 48.4 Å². The van der Waals surface area contributed by atoms with Crippen LogP contribution < -0.4 is 10.6 Å². The number of hydrogen-bond donors (Lipinski definition) is 3. The van der Waals surface area contributed by atoms with Gasteiger partial charge in [-0.3, -0.25) is 4.79 Å². The van der Waals surface area contributed by atoms with Gasteiger partial charge in [0.15, 0.2) is 0 Å². The molecular weight excluding hydrogens is 346 g/mol. The minimum atomic E-state index is -0.719. The van der Waals surface area contributed by atoms with Gasteiger partial charge in [-0.1, -0.05) is 18.2 Å². The number of fused-ring (bicyclic) bond motifs is 1. The van der Waals surface area contributed by atoms with Crippen molar-refractivity contribution < 1.29 is 9.90 Å². The normalized spacial score (nSPS) is 15.0. The summed E-state index contributed by atoms with van der Waals surface area (Å²) in [4.78, 5) is 17.4. The Balaban J connectivity index is 1.32. The van der Waals surface area contributed by atoms with E-state index in [9.17, 15) is 9.90 Å². The molecule has 1 unspecified atom stereocenters. The van der Waals surface area contributed by atoms with Crippen LogP contribution in [0.15, 0.2) is 48.7 Å². The highest BCUT2D eigenvalue weighted by molar-refractivity contribution is 7.19. The van der Waals surface area contributed by atoms with Gasteiger partial charge >= 0.3 is 0 Å². The van der Waals surface area contributed by atoms with Crippen molar-refractivity contribution in [2.45, 2.75) is 18.9 Å². The molecule has 5 nitrogen and oxygen atoms in total. The smallest absolute Gasteiger partial charge is 0.252 e. The van der Waals surface area contributed by atoms with Crippen LogP contribution in [0.3, 0.4) is 0 Å². The number of rotatable bonds is 7. The average Bonchev–Trinajstić information content (AvgIpc) is 3.40. The topological polar surface area (TPSA) is 74.2 Å². The van der Waals surface area contributed by atoms with Gasteiger partial charge in [-0.2, -0.15) is 0 Å². The molecule has 4 rings (SSSR count). The number of aliphatic hydroxyl groups is 1. The maximum atomic E-state index is 12.3. The lowest BCUT2D eigenvalue weighted by Gasteiger charge is -2.10. The Labute approximate surface area is 156 Å². The quantitative estimate of drug-likeness (QED) is 0.597. The second-order valence-electron chi connectivity index (χ2n) is 6.67. The first-order chi connectivity index (χ1) is 12.7. The van der Waals surface area contributed by atoms with E-state index >= 15 is 0 Å². The van der Waals surface area contributed by atoms with Crippen molar-refractivity contribution >= 4 is 33.1 Å². The first-order valence-corrected chi connectivity index (χ1v) is 9.65. The molecule has 26 heavy (non-hydrogen) atoms. The zero-order valence-electron chi connectivity index (χ0n) is 14.3. The number of amides is 1. The largest absolute Gasteiger partial charge is 0.386 e. The number of aromatic nitrogens is 1. The van der Waals surface area contributed by atoms with Crippen molar-refractivity contribution in [3.8, 4) is 0 Å². The van der Waals surface area contributed by atoms with Crippen molar-refractivity contribution in [1.82, 2.24) is 10.3 Å². The molecule has 1 aliphatic rings. The van der Waals surface area contributed by atoms with E-state index in [-0.39, 0.29) is 12.5 Å². The Bertz CT molecular complexity index is 870. The predicted molar refractivity (Wildman–Crippen MR) is 105 cm³/mol. The Hall–Kier alpha value is -2.44. The van der Waals surface area contributed by atoms with E-state index in [0.29, 0.717) is 5.56 Å². The fourth-order valence-corrected chi connectivity index (χ4v) is 3.81. The molecule has 0 bridgehead atoms. The van der Waals surface area contributed by atoms with E-state index in [1.54, 1.807) is 23.6 Å². The molecule has 3 aromatic rings. The summed E-state index contributed by atoms with van der Waals surface area (Å²) in [7, 11) is 0. The first kappa shape index (κ1) is 17.0. The number of benzene rings is 1. The number of aliphatic hydroxyl groups excluding tert-OH is 1. The van der Waals surface area contributed by atoms with Gasteiger partial charge in [0.25, 0.3) is 5.91 Å². The summed E-state index contributed by atoms with van der Waals surface area (Å²) in [5.74, 6) is 1.33. The third kappa shape index (κ3) is 4.03. The van der Waals surface area contributed by atoms with Crippen LogP contribution >= 0.6 is 11.3 Å². The zero-order chi connectivity index (χ0) is 17.9. The number of nitrogens with zero attached hydrogens (tertiary/aromatic N) is 1. The fraction of sp³-hybridized carbons (Fsp3) is 0.300. The molecule has 1 amide bonds. The molecule has 1 atom stereocenters. The molecule has 1 aromatic carbocycles. The summed E-state index contributed by atoms with van der Waals surface area (Å²) in [6, 6.07) is 13.5. The summed E-state index contributed by atoms with van der Waals surface area (Å²) in [5, 5.41) is 17.5. The minimum absolute atomic E-state index is 0.174. The third-order valence-corrected chi connectivity index (χ3v) is 5.74. The number of carbonyl (C=O) groups is 1. The first-order valence-electron chi connectivity index (χ1n) is 8.84. The molecule has 0 spiro atoms. The molecule has 1 saturated carbocycles. The summed E-state index contributed by atoms with van der Waals surface area (Å²) in [6.07, 6.45) is 3.42. The number of carbonyl (C=O) groups excluding carboxylic acids is 1. The summed E-state index contributed by atoms with van der Waals surface area (Å²) in [6.45, 7) is 1.12. The van der Waals surface area contributed by atoms with Crippen LogP contribution in [0.4, 0.5) is 5.82 Å². The number of thiophene rings is 1. The van der Waals surface area contributed by atoms with Crippen LogP contribution in [0.5, 0.6) is 0 Å². The molecule has 0 radical (unpaired) electrons. The van der Waals surface area contributed by atoms with Crippen LogP contribution in [0, 0.1) is 5.92 Å². The monoisotopic (exact) mass is 367 g/mol. The summed E-state index contributed by atoms with van der Waals surface area (Å²) >= 11 is 1.55. The lowest BCUT2D eigenvalue weighted by Crippen LogP contribution is -2.28. The molecule has 1 aliphatic carbocycles. The van der Waals surface area contributed by atoms with Crippen molar-refractivity contribution in [2.75, 3.05) is 18.4 Å². The van der Waals surface area contributed by atoms with E-state index in [1.807, 2.05) is 36.4 Å². The van der Waals surface area contributed by atoms with Gasteiger partial charge in [0.2, 0.25) is 0 Å². The Morgan fingerprint density at radius 3 is 2.85 bits per heavy atom. The van der Waals surface area contributed by atoms with E-state index in [4.69, 9.17) is 0 Å². The molecule has 134 valence electrons. The second-order valence-corrected chi connectivity index (χ2v) is 7.78. The molecular formula is C20H21N3O2S. The van der Waals surface area contributed by atoms with Gasteiger partial charge in [-0.25, -0.2) is 4.98 Å². The summed E-state index contributed by atoms with van der Waals surface area (Å²) in [5.41, 5.74) is 0.491. The molecule has 0 aliphatic heterocycles.